The predicted molar refractivity (Wildman–Crippen MR) is 125 cm³/mol. The van der Waals surface area contributed by atoms with Crippen molar-refractivity contribution >= 4 is 17.8 Å². The van der Waals surface area contributed by atoms with Crippen LogP contribution in [0, 0.1) is 5.82 Å². The second kappa shape index (κ2) is 11.6. The highest BCUT2D eigenvalue weighted by molar-refractivity contribution is 6.11. The molecule has 0 aliphatic rings. The van der Waals surface area contributed by atoms with E-state index in [2.05, 4.69) is 0 Å². The van der Waals surface area contributed by atoms with Crippen LogP contribution in [-0.4, -0.2) is 30.6 Å². The lowest BCUT2D eigenvalue weighted by atomic mass is 9.96. The van der Waals surface area contributed by atoms with Gasteiger partial charge in [0.15, 0.2) is 17.3 Å². The van der Waals surface area contributed by atoms with Crippen LogP contribution in [-0.2, 0) is 4.79 Å². The second-order valence-electron chi connectivity index (χ2n) is 7.36. The van der Waals surface area contributed by atoms with Gasteiger partial charge < -0.3 is 14.6 Å². The number of hydrogen-bond acceptors (Lipinski definition) is 4. The largest absolute Gasteiger partial charge is 0.493 e. The molecule has 0 saturated heterocycles. The summed E-state index contributed by atoms with van der Waals surface area (Å²) in [6, 6.07) is 18.5. The fraction of sp³-hybridized carbons (Fsp3) is 0.185. The minimum absolute atomic E-state index is 0.0997. The van der Waals surface area contributed by atoms with Crippen molar-refractivity contribution in [3.63, 3.8) is 0 Å². The van der Waals surface area contributed by atoms with E-state index in [4.69, 9.17) is 14.6 Å². The number of hydrogen-bond donors (Lipinski definition) is 1. The lowest BCUT2D eigenvalue weighted by Gasteiger charge is -2.11. The minimum Gasteiger partial charge on any atom is -0.493 e. The smallest absolute Gasteiger partial charge is 0.303 e. The van der Waals surface area contributed by atoms with Crippen LogP contribution in [0.25, 0.3) is 17.2 Å². The maximum absolute atomic E-state index is 13.7. The van der Waals surface area contributed by atoms with E-state index in [1.807, 2.05) is 6.07 Å². The number of methoxy groups -OCH3 is 1. The third-order valence-corrected chi connectivity index (χ3v) is 4.99. The first-order chi connectivity index (χ1) is 16.0. The summed E-state index contributed by atoms with van der Waals surface area (Å²) in [5.41, 5.74) is 2.51. The molecule has 0 radical (unpaired) electrons. The number of ketones is 1. The first kappa shape index (κ1) is 23.7. The van der Waals surface area contributed by atoms with E-state index in [0.29, 0.717) is 47.6 Å². The summed E-state index contributed by atoms with van der Waals surface area (Å²) in [6.45, 7) is 0.358. The Bertz CT molecular complexity index is 1150. The molecule has 0 aliphatic carbocycles. The van der Waals surface area contributed by atoms with E-state index >= 15 is 0 Å². The molecule has 0 aliphatic heterocycles. The normalized spacial score (nSPS) is 10.8. The monoisotopic (exact) mass is 448 g/mol. The number of allylic oxidation sites excluding steroid dienone is 1. The molecule has 0 spiro atoms. The van der Waals surface area contributed by atoms with E-state index < -0.39 is 5.97 Å². The van der Waals surface area contributed by atoms with Crippen LogP contribution in [0.15, 0.2) is 72.8 Å². The Morgan fingerprint density at radius 1 is 0.970 bits per heavy atom. The van der Waals surface area contributed by atoms with E-state index in [9.17, 15) is 14.0 Å². The average molecular weight is 448 g/mol. The zero-order valence-electron chi connectivity index (χ0n) is 18.3. The molecule has 33 heavy (non-hydrogen) atoms. The fourth-order valence-electron chi connectivity index (χ4n) is 3.34. The van der Waals surface area contributed by atoms with Crippen LogP contribution in [0.3, 0.4) is 0 Å². The van der Waals surface area contributed by atoms with Crippen LogP contribution in [0.5, 0.6) is 11.5 Å². The van der Waals surface area contributed by atoms with Gasteiger partial charge in [0.25, 0.3) is 0 Å². The van der Waals surface area contributed by atoms with Crippen molar-refractivity contribution in [3.05, 3.63) is 89.8 Å². The third-order valence-electron chi connectivity index (χ3n) is 4.99. The Hall–Kier alpha value is -3.93. The molecule has 0 bridgehead atoms. The Labute approximate surface area is 192 Å². The molecular weight excluding hydrogens is 423 g/mol. The molecule has 5 nitrogen and oxygen atoms in total. The molecule has 3 rings (SSSR count). The standard InChI is InChI=1S/C27H25FO5/c1-32-25-15-13-19(17-26(25)33-16-5-4-11-27(30)31)12-14-24(29)23-10-3-2-9-22(23)20-7-6-8-21(28)18-20/h2-3,6-10,12-15,17-18H,4-5,11,16H2,1H3,(H,30,31). The molecule has 0 amide bonds. The molecule has 3 aromatic rings. The number of carbonyl (C=O) groups is 2. The highest BCUT2D eigenvalue weighted by Gasteiger charge is 2.11. The van der Waals surface area contributed by atoms with Gasteiger partial charge in [0.05, 0.1) is 13.7 Å². The van der Waals surface area contributed by atoms with Crippen molar-refractivity contribution in [3.8, 4) is 22.6 Å². The number of halogens is 1. The Morgan fingerprint density at radius 2 is 1.79 bits per heavy atom. The number of unbranched alkanes of at least 4 members (excludes halogenated alkanes) is 1. The molecule has 0 saturated carbocycles. The second-order valence-corrected chi connectivity index (χ2v) is 7.36. The molecule has 1 N–H and O–H groups in total. The topological polar surface area (TPSA) is 72.8 Å². The van der Waals surface area contributed by atoms with Crippen LogP contribution in [0.4, 0.5) is 4.39 Å². The van der Waals surface area contributed by atoms with Crippen molar-refractivity contribution < 1.29 is 28.6 Å². The van der Waals surface area contributed by atoms with Crippen molar-refractivity contribution in [2.45, 2.75) is 19.3 Å². The van der Waals surface area contributed by atoms with Crippen molar-refractivity contribution in [2.24, 2.45) is 0 Å². The summed E-state index contributed by atoms with van der Waals surface area (Å²) in [7, 11) is 1.54. The van der Waals surface area contributed by atoms with Gasteiger partial charge in [-0.05, 0) is 59.9 Å². The Morgan fingerprint density at radius 3 is 2.55 bits per heavy atom. The van der Waals surface area contributed by atoms with Gasteiger partial charge in [-0.15, -0.1) is 0 Å². The SMILES string of the molecule is COc1ccc(C=CC(=O)c2ccccc2-c2cccc(F)c2)cc1OCCCCC(=O)O. The summed E-state index contributed by atoms with van der Waals surface area (Å²) < 4.78 is 24.8. The number of aliphatic carboxylic acids is 1. The van der Waals surface area contributed by atoms with E-state index in [1.165, 1.54) is 25.3 Å². The van der Waals surface area contributed by atoms with Gasteiger partial charge in [-0.25, -0.2) is 4.39 Å². The first-order valence-electron chi connectivity index (χ1n) is 10.6. The lowest BCUT2D eigenvalue weighted by Crippen LogP contribution is -2.02. The predicted octanol–water partition coefficient (Wildman–Crippen LogP) is 6.03. The van der Waals surface area contributed by atoms with Crippen molar-refractivity contribution in [1.82, 2.24) is 0 Å². The zero-order chi connectivity index (χ0) is 23.6. The summed E-state index contributed by atoms with van der Waals surface area (Å²) in [5, 5.41) is 8.72. The van der Waals surface area contributed by atoms with Crippen LogP contribution < -0.4 is 9.47 Å². The quantitative estimate of drug-likeness (QED) is 0.220. The van der Waals surface area contributed by atoms with Crippen LogP contribution >= 0.6 is 0 Å². The summed E-state index contributed by atoms with van der Waals surface area (Å²) in [4.78, 5) is 23.5. The highest BCUT2D eigenvalue weighted by Crippen LogP contribution is 2.29. The Balaban J connectivity index is 1.74. The number of carboxylic acid groups (broad SMARTS) is 1. The van der Waals surface area contributed by atoms with Gasteiger partial charge in [0.1, 0.15) is 5.82 Å². The van der Waals surface area contributed by atoms with E-state index in [0.717, 1.165) is 5.56 Å². The van der Waals surface area contributed by atoms with Gasteiger partial charge in [-0.3, -0.25) is 9.59 Å². The minimum atomic E-state index is -0.830. The molecule has 0 fully saturated rings. The molecule has 6 heteroatoms. The molecular formula is C27H25FO5. The summed E-state index contributed by atoms with van der Waals surface area (Å²) in [5.74, 6) is -0.333. The lowest BCUT2D eigenvalue weighted by molar-refractivity contribution is -0.137. The van der Waals surface area contributed by atoms with Crippen molar-refractivity contribution in [2.75, 3.05) is 13.7 Å². The summed E-state index contributed by atoms with van der Waals surface area (Å²) >= 11 is 0. The molecule has 0 heterocycles. The number of carbonyl (C=O) groups excluding carboxylic acids is 1. The summed E-state index contributed by atoms with van der Waals surface area (Å²) in [6.07, 6.45) is 4.38. The number of ether oxygens (including phenoxy) is 2. The van der Waals surface area contributed by atoms with Gasteiger partial charge in [0, 0.05) is 12.0 Å². The molecule has 170 valence electrons. The van der Waals surface area contributed by atoms with E-state index in [1.54, 1.807) is 54.6 Å². The fourth-order valence-corrected chi connectivity index (χ4v) is 3.34. The van der Waals surface area contributed by atoms with Gasteiger partial charge in [0.2, 0.25) is 0 Å². The molecule has 0 atom stereocenters. The molecule has 3 aromatic carbocycles. The molecule has 0 unspecified atom stereocenters. The maximum atomic E-state index is 13.7. The van der Waals surface area contributed by atoms with Gasteiger partial charge >= 0.3 is 5.97 Å². The van der Waals surface area contributed by atoms with Crippen LogP contribution in [0.1, 0.15) is 35.2 Å². The van der Waals surface area contributed by atoms with E-state index in [-0.39, 0.29) is 18.0 Å². The number of carboxylic acids is 1. The maximum Gasteiger partial charge on any atom is 0.303 e. The van der Waals surface area contributed by atoms with Gasteiger partial charge in [-0.1, -0.05) is 48.5 Å². The number of benzene rings is 3. The van der Waals surface area contributed by atoms with Gasteiger partial charge in [-0.2, -0.15) is 0 Å². The number of rotatable bonds is 11. The zero-order valence-corrected chi connectivity index (χ0v) is 18.3. The average Bonchev–Trinajstić information content (AvgIpc) is 2.82. The first-order valence-corrected chi connectivity index (χ1v) is 10.6. The Kier molecular flexibility index (Phi) is 8.36. The third kappa shape index (κ3) is 6.77. The van der Waals surface area contributed by atoms with Crippen LogP contribution in [0.2, 0.25) is 0 Å². The highest BCUT2D eigenvalue weighted by atomic mass is 19.1. The van der Waals surface area contributed by atoms with Crippen molar-refractivity contribution in [1.29, 1.82) is 0 Å². The molecule has 0 aromatic heterocycles.